The van der Waals surface area contributed by atoms with Crippen molar-refractivity contribution in [2.75, 3.05) is 7.11 Å². The SMILES string of the molecule is COc1ccc(COc2ccc(F)cc2[C@@H](C)N)cc1. The number of benzene rings is 2. The second-order valence-electron chi connectivity index (χ2n) is 4.61. The van der Waals surface area contributed by atoms with E-state index in [4.69, 9.17) is 15.2 Å². The predicted molar refractivity (Wildman–Crippen MR) is 76.3 cm³/mol. The fourth-order valence-electron chi connectivity index (χ4n) is 1.89. The molecule has 106 valence electrons. The summed E-state index contributed by atoms with van der Waals surface area (Å²) in [6.07, 6.45) is 0. The molecule has 2 aromatic rings. The zero-order valence-corrected chi connectivity index (χ0v) is 11.6. The smallest absolute Gasteiger partial charge is 0.124 e. The first-order valence-electron chi connectivity index (χ1n) is 6.41. The Hall–Kier alpha value is -2.07. The summed E-state index contributed by atoms with van der Waals surface area (Å²) in [7, 11) is 1.62. The van der Waals surface area contributed by atoms with Gasteiger partial charge in [-0.1, -0.05) is 12.1 Å². The molecule has 0 bridgehead atoms. The van der Waals surface area contributed by atoms with Gasteiger partial charge in [0, 0.05) is 11.6 Å². The fraction of sp³-hybridized carbons (Fsp3) is 0.250. The lowest BCUT2D eigenvalue weighted by molar-refractivity contribution is 0.300. The predicted octanol–water partition coefficient (Wildman–Crippen LogP) is 3.43. The summed E-state index contributed by atoms with van der Waals surface area (Å²) in [6.45, 7) is 2.20. The third-order valence-electron chi connectivity index (χ3n) is 3.02. The number of rotatable bonds is 5. The molecule has 0 aliphatic rings. The molecule has 0 aromatic heterocycles. The van der Waals surface area contributed by atoms with Crippen LogP contribution >= 0.6 is 0 Å². The summed E-state index contributed by atoms with van der Waals surface area (Å²) in [5.41, 5.74) is 7.50. The monoisotopic (exact) mass is 275 g/mol. The number of ether oxygens (including phenoxy) is 2. The average molecular weight is 275 g/mol. The van der Waals surface area contributed by atoms with Crippen LogP contribution in [0.1, 0.15) is 24.1 Å². The molecule has 2 N–H and O–H groups in total. The van der Waals surface area contributed by atoms with Crippen LogP contribution in [0.2, 0.25) is 0 Å². The lowest BCUT2D eigenvalue weighted by Crippen LogP contribution is -2.08. The zero-order valence-electron chi connectivity index (χ0n) is 11.6. The molecule has 0 aliphatic carbocycles. The maximum atomic E-state index is 13.2. The van der Waals surface area contributed by atoms with Crippen molar-refractivity contribution in [1.82, 2.24) is 0 Å². The van der Waals surface area contributed by atoms with E-state index in [-0.39, 0.29) is 11.9 Å². The summed E-state index contributed by atoms with van der Waals surface area (Å²) >= 11 is 0. The highest BCUT2D eigenvalue weighted by Crippen LogP contribution is 2.25. The van der Waals surface area contributed by atoms with Crippen molar-refractivity contribution in [1.29, 1.82) is 0 Å². The highest BCUT2D eigenvalue weighted by molar-refractivity contribution is 5.36. The van der Waals surface area contributed by atoms with E-state index in [1.54, 1.807) is 20.1 Å². The molecule has 20 heavy (non-hydrogen) atoms. The van der Waals surface area contributed by atoms with Gasteiger partial charge in [-0.05, 0) is 42.8 Å². The Morgan fingerprint density at radius 3 is 2.45 bits per heavy atom. The van der Waals surface area contributed by atoms with Gasteiger partial charge in [-0.3, -0.25) is 0 Å². The van der Waals surface area contributed by atoms with Gasteiger partial charge in [0.25, 0.3) is 0 Å². The van der Waals surface area contributed by atoms with Crippen molar-refractivity contribution in [3.8, 4) is 11.5 Å². The van der Waals surface area contributed by atoms with Crippen LogP contribution in [-0.2, 0) is 6.61 Å². The maximum Gasteiger partial charge on any atom is 0.124 e. The Balaban J connectivity index is 2.10. The molecular formula is C16H18FNO2. The van der Waals surface area contributed by atoms with E-state index in [1.165, 1.54) is 12.1 Å². The first-order chi connectivity index (χ1) is 9.60. The minimum atomic E-state index is -0.311. The van der Waals surface area contributed by atoms with E-state index >= 15 is 0 Å². The van der Waals surface area contributed by atoms with E-state index in [0.29, 0.717) is 17.9 Å². The van der Waals surface area contributed by atoms with Gasteiger partial charge < -0.3 is 15.2 Å². The molecule has 0 radical (unpaired) electrons. The summed E-state index contributed by atoms with van der Waals surface area (Å²) in [5.74, 6) is 1.10. The fourth-order valence-corrected chi connectivity index (χ4v) is 1.89. The van der Waals surface area contributed by atoms with E-state index < -0.39 is 0 Å². The quantitative estimate of drug-likeness (QED) is 0.909. The Morgan fingerprint density at radius 1 is 1.15 bits per heavy atom. The first kappa shape index (κ1) is 14.3. The summed E-state index contributed by atoms with van der Waals surface area (Å²) in [5, 5.41) is 0. The van der Waals surface area contributed by atoms with Crippen molar-refractivity contribution < 1.29 is 13.9 Å². The summed E-state index contributed by atoms with van der Waals surface area (Å²) in [4.78, 5) is 0. The van der Waals surface area contributed by atoms with Crippen LogP contribution in [0.5, 0.6) is 11.5 Å². The van der Waals surface area contributed by atoms with Crippen LogP contribution in [0.15, 0.2) is 42.5 Å². The molecule has 4 heteroatoms. The molecular weight excluding hydrogens is 257 g/mol. The van der Waals surface area contributed by atoms with Crippen LogP contribution in [0.4, 0.5) is 4.39 Å². The molecule has 3 nitrogen and oxygen atoms in total. The number of nitrogens with two attached hydrogens (primary N) is 1. The van der Waals surface area contributed by atoms with Crippen molar-refractivity contribution in [2.45, 2.75) is 19.6 Å². The standard InChI is InChI=1S/C16H18FNO2/c1-11(18)15-9-13(17)5-8-16(15)20-10-12-3-6-14(19-2)7-4-12/h3-9,11H,10,18H2,1-2H3/t11-/m1/s1. The molecule has 0 fully saturated rings. The Kier molecular flexibility index (Phi) is 4.58. The van der Waals surface area contributed by atoms with Crippen molar-refractivity contribution in [3.63, 3.8) is 0 Å². The Morgan fingerprint density at radius 2 is 1.85 bits per heavy atom. The minimum absolute atomic E-state index is 0.281. The van der Waals surface area contributed by atoms with Crippen molar-refractivity contribution in [2.24, 2.45) is 5.73 Å². The molecule has 2 rings (SSSR count). The summed E-state index contributed by atoms with van der Waals surface area (Å²) in [6, 6.07) is 11.7. The lowest BCUT2D eigenvalue weighted by Gasteiger charge is -2.14. The molecule has 0 spiro atoms. The highest BCUT2D eigenvalue weighted by Gasteiger charge is 2.09. The van der Waals surface area contributed by atoms with Gasteiger partial charge in [0.1, 0.15) is 23.9 Å². The van der Waals surface area contributed by atoms with Crippen LogP contribution in [0.25, 0.3) is 0 Å². The van der Waals surface area contributed by atoms with Crippen LogP contribution in [-0.4, -0.2) is 7.11 Å². The molecule has 0 amide bonds. The molecule has 0 heterocycles. The van der Waals surface area contributed by atoms with Gasteiger partial charge >= 0.3 is 0 Å². The number of hydrogen-bond donors (Lipinski definition) is 1. The molecule has 0 saturated heterocycles. The highest BCUT2D eigenvalue weighted by atomic mass is 19.1. The molecule has 0 aliphatic heterocycles. The topological polar surface area (TPSA) is 44.5 Å². The van der Waals surface area contributed by atoms with Gasteiger partial charge in [0.2, 0.25) is 0 Å². The zero-order chi connectivity index (χ0) is 14.5. The lowest BCUT2D eigenvalue weighted by atomic mass is 10.1. The Labute approximate surface area is 118 Å². The maximum absolute atomic E-state index is 13.2. The number of hydrogen-bond acceptors (Lipinski definition) is 3. The third-order valence-corrected chi connectivity index (χ3v) is 3.02. The molecule has 0 unspecified atom stereocenters. The normalized spacial score (nSPS) is 12.0. The number of methoxy groups -OCH3 is 1. The molecule has 1 atom stereocenters. The van der Waals surface area contributed by atoms with Crippen molar-refractivity contribution >= 4 is 0 Å². The van der Waals surface area contributed by atoms with Gasteiger partial charge in [-0.2, -0.15) is 0 Å². The minimum Gasteiger partial charge on any atom is -0.497 e. The second-order valence-corrected chi connectivity index (χ2v) is 4.61. The first-order valence-corrected chi connectivity index (χ1v) is 6.41. The third kappa shape index (κ3) is 3.48. The average Bonchev–Trinajstić information content (AvgIpc) is 2.46. The van der Waals surface area contributed by atoms with Crippen LogP contribution in [0, 0.1) is 5.82 Å². The van der Waals surface area contributed by atoms with Crippen molar-refractivity contribution in [3.05, 3.63) is 59.4 Å². The largest absolute Gasteiger partial charge is 0.497 e. The number of halogens is 1. The van der Waals surface area contributed by atoms with E-state index in [9.17, 15) is 4.39 Å². The van der Waals surface area contributed by atoms with Gasteiger partial charge in [0.05, 0.1) is 7.11 Å². The van der Waals surface area contributed by atoms with Crippen LogP contribution < -0.4 is 15.2 Å². The van der Waals surface area contributed by atoms with Crippen LogP contribution in [0.3, 0.4) is 0 Å². The van der Waals surface area contributed by atoms with E-state index in [2.05, 4.69) is 0 Å². The van der Waals surface area contributed by atoms with E-state index in [1.807, 2.05) is 24.3 Å². The van der Waals surface area contributed by atoms with E-state index in [0.717, 1.165) is 11.3 Å². The Bertz CT molecular complexity index is 567. The second kappa shape index (κ2) is 6.39. The van der Waals surface area contributed by atoms with Gasteiger partial charge in [-0.25, -0.2) is 4.39 Å². The molecule has 2 aromatic carbocycles. The van der Waals surface area contributed by atoms with Gasteiger partial charge in [0.15, 0.2) is 0 Å². The molecule has 0 saturated carbocycles. The summed E-state index contributed by atoms with van der Waals surface area (Å²) < 4.78 is 24.1. The van der Waals surface area contributed by atoms with Gasteiger partial charge in [-0.15, -0.1) is 0 Å².